The number of hydrogen-bond donors (Lipinski definition) is 1. The summed E-state index contributed by atoms with van der Waals surface area (Å²) >= 11 is 0. The first-order chi connectivity index (χ1) is 9.39. The number of nitrogens with zero attached hydrogens (tertiary/aromatic N) is 1. The van der Waals surface area contributed by atoms with Gasteiger partial charge >= 0.3 is 5.97 Å². The molecule has 0 aromatic carbocycles. The van der Waals surface area contributed by atoms with Crippen molar-refractivity contribution in [3.8, 4) is 0 Å². The van der Waals surface area contributed by atoms with Crippen LogP contribution in [0.25, 0.3) is 0 Å². The van der Waals surface area contributed by atoms with E-state index in [-0.39, 0.29) is 23.2 Å². The van der Waals surface area contributed by atoms with Crippen molar-refractivity contribution in [2.75, 3.05) is 26.7 Å². The molecular formula is C15H28N2O3. The third kappa shape index (κ3) is 5.12. The number of amides is 1. The summed E-state index contributed by atoms with van der Waals surface area (Å²) in [7, 11) is 1.42. The van der Waals surface area contributed by atoms with E-state index >= 15 is 0 Å². The number of rotatable bonds is 6. The lowest BCUT2D eigenvalue weighted by Gasteiger charge is -2.32. The second kappa shape index (κ2) is 7.62. The quantitative estimate of drug-likeness (QED) is 0.751. The molecule has 2 N–H and O–H groups in total. The van der Waals surface area contributed by atoms with Crippen molar-refractivity contribution in [2.45, 2.75) is 46.0 Å². The highest BCUT2D eigenvalue weighted by Crippen LogP contribution is 2.27. The molecule has 1 amide bonds. The van der Waals surface area contributed by atoms with Gasteiger partial charge in [-0.3, -0.25) is 9.59 Å². The van der Waals surface area contributed by atoms with Gasteiger partial charge in [-0.2, -0.15) is 0 Å². The third-order valence-electron chi connectivity index (χ3n) is 4.22. The van der Waals surface area contributed by atoms with Gasteiger partial charge in [0.25, 0.3) is 0 Å². The summed E-state index contributed by atoms with van der Waals surface area (Å²) in [6.45, 7) is 6.28. The highest BCUT2D eigenvalue weighted by atomic mass is 16.5. The van der Waals surface area contributed by atoms with Gasteiger partial charge in [0, 0.05) is 19.5 Å². The molecule has 0 radical (unpaired) electrons. The number of carbonyl (C=O) groups is 2. The van der Waals surface area contributed by atoms with E-state index in [2.05, 4.69) is 13.8 Å². The summed E-state index contributed by atoms with van der Waals surface area (Å²) in [5, 5.41) is 0. The number of esters is 1. The number of methoxy groups -OCH3 is 1. The van der Waals surface area contributed by atoms with Crippen LogP contribution in [0.4, 0.5) is 0 Å². The van der Waals surface area contributed by atoms with E-state index in [0.717, 1.165) is 12.8 Å². The van der Waals surface area contributed by atoms with Gasteiger partial charge in [-0.25, -0.2) is 0 Å². The predicted molar refractivity (Wildman–Crippen MR) is 78.0 cm³/mol. The van der Waals surface area contributed by atoms with E-state index in [1.54, 1.807) is 0 Å². The maximum atomic E-state index is 12.2. The van der Waals surface area contributed by atoms with Gasteiger partial charge in [-0.1, -0.05) is 13.8 Å². The smallest absolute Gasteiger partial charge is 0.308 e. The molecule has 0 unspecified atom stereocenters. The summed E-state index contributed by atoms with van der Waals surface area (Å²) in [4.78, 5) is 25.5. The molecule has 1 fully saturated rings. The zero-order valence-corrected chi connectivity index (χ0v) is 13.0. The number of ether oxygens (including phenoxy) is 1. The van der Waals surface area contributed by atoms with E-state index < -0.39 is 0 Å². The Labute approximate surface area is 121 Å². The van der Waals surface area contributed by atoms with Crippen molar-refractivity contribution in [2.24, 2.45) is 17.1 Å². The highest BCUT2D eigenvalue weighted by molar-refractivity contribution is 5.77. The number of hydrogen-bond acceptors (Lipinski definition) is 4. The van der Waals surface area contributed by atoms with Gasteiger partial charge in [0.15, 0.2) is 0 Å². The average Bonchev–Trinajstić information content (AvgIpc) is 2.44. The molecule has 0 atom stereocenters. The Kier molecular flexibility index (Phi) is 6.46. The van der Waals surface area contributed by atoms with E-state index in [0.29, 0.717) is 38.9 Å². The number of nitrogens with two attached hydrogens (primary N) is 1. The Morgan fingerprint density at radius 1 is 1.25 bits per heavy atom. The summed E-state index contributed by atoms with van der Waals surface area (Å²) in [5.74, 6) is -0.00248. The Morgan fingerprint density at radius 3 is 2.35 bits per heavy atom. The topological polar surface area (TPSA) is 72.6 Å². The molecule has 1 rings (SSSR count). The Bertz CT molecular complexity index is 334. The van der Waals surface area contributed by atoms with Crippen molar-refractivity contribution < 1.29 is 14.3 Å². The van der Waals surface area contributed by atoms with Gasteiger partial charge in [-0.15, -0.1) is 0 Å². The second-order valence-electron chi connectivity index (χ2n) is 6.38. The molecule has 0 aliphatic carbocycles. The fourth-order valence-corrected chi connectivity index (χ4v) is 2.65. The van der Waals surface area contributed by atoms with Crippen LogP contribution in [0.1, 0.15) is 46.0 Å². The lowest BCUT2D eigenvalue weighted by Crippen LogP contribution is -2.40. The summed E-state index contributed by atoms with van der Waals surface area (Å²) < 4.78 is 4.75. The molecule has 1 saturated heterocycles. The molecule has 1 aliphatic heterocycles. The van der Waals surface area contributed by atoms with Crippen LogP contribution in [0, 0.1) is 11.3 Å². The van der Waals surface area contributed by atoms with Gasteiger partial charge in [0.05, 0.1) is 13.0 Å². The first-order valence-corrected chi connectivity index (χ1v) is 7.45. The summed E-state index contributed by atoms with van der Waals surface area (Å²) in [6.07, 6.45) is 3.79. The van der Waals surface area contributed by atoms with Gasteiger partial charge < -0.3 is 15.4 Å². The molecule has 0 aromatic heterocycles. The normalized spacial score (nSPS) is 17.1. The van der Waals surface area contributed by atoms with Crippen molar-refractivity contribution in [3.63, 3.8) is 0 Å². The molecule has 20 heavy (non-hydrogen) atoms. The molecule has 0 spiro atoms. The lowest BCUT2D eigenvalue weighted by atomic mass is 9.84. The van der Waals surface area contributed by atoms with Crippen LogP contribution in [0.5, 0.6) is 0 Å². The standard InChI is InChI=1S/C15H28N2O3/c1-15(2,8-9-16)7-4-13(18)17-10-5-12(6-11-17)14(19)20-3/h12H,4-11,16H2,1-3H3. The lowest BCUT2D eigenvalue weighted by molar-refractivity contribution is -0.149. The van der Waals surface area contributed by atoms with Gasteiger partial charge in [0.1, 0.15) is 0 Å². The minimum absolute atomic E-state index is 0.0438. The van der Waals surface area contributed by atoms with Crippen LogP contribution in [-0.4, -0.2) is 43.5 Å². The highest BCUT2D eigenvalue weighted by Gasteiger charge is 2.28. The van der Waals surface area contributed by atoms with Crippen LogP contribution >= 0.6 is 0 Å². The zero-order valence-electron chi connectivity index (χ0n) is 13.0. The van der Waals surface area contributed by atoms with E-state index in [9.17, 15) is 9.59 Å². The predicted octanol–water partition coefficient (Wildman–Crippen LogP) is 1.55. The SMILES string of the molecule is COC(=O)C1CCN(C(=O)CCC(C)(C)CCN)CC1. The zero-order chi connectivity index (χ0) is 15.2. The maximum Gasteiger partial charge on any atom is 0.308 e. The van der Waals surface area contributed by atoms with E-state index in [1.165, 1.54) is 7.11 Å². The van der Waals surface area contributed by atoms with E-state index in [4.69, 9.17) is 10.5 Å². The molecule has 0 aromatic rings. The average molecular weight is 284 g/mol. The fraction of sp³-hybridized carbons (Fsp3) is 0.867. The largest absolute Gasteiger partial charge is 0.469 e. The Balaban J connectivity index is 2.34. The van der Waals surface area contributed by atoms with Crippen molar-refractivity contribution in [1.29, 1.82) is 0 Å². The molecular weight excluding hydrogens is 256 g/mol. The molecule has 0 bridgehead atoms. The maximum absolute atomic E-state index is 12.2. The first kappa shape index (κ1) is 17.0. The van der Waals surface area contributed by atoms with E-state index in [1.807, 2.05) is 4.90 Å². The third-order valence-corrected chi connectivity index (χ3v) is 4.22. The fourth-order valence-electron chi connectivity index (χ4n) is 2.65. The molecule has 1 aliphatic rings. The van der Waals surface area contributed by atoms with Crippen LogP contribution < -0.4 is 5.73 Å². The number of piperidine rings is 1. The van der Waals surface area contributed by atoms with Crippen LogP contribution in [0.3, 0.4) is 0 Å². The van der Waals surface area contributed by atoms with Crippen molar-refractivity contribution in [1.82, 2.24) is 4.90 Å². The number of likely N-dealkylation sites (tertiary alicyclic amines) is 1. The molecule has 116 valence electrons. The van der Waals surface area contributed by atoms with Crippen molar-refractivity contribution in [3.05, 3.63) is 0 Å². The van der Waals surface area contributed by atoms with Gasteiger partial charge in [0.2, 0.25) is 5.91 Å². The second-order valence-corrected chi connectivity index (χ2v) is 6.38. The first-order valence-electron chi connectivity index (χ1n) is 7.45. The number of carbonyl (C=O) groups excluding carboxylic acids is 2. The monoisotopic (exact) mass is 284 g/mol. The van der Waals surface area contributed by atoms with Crippen molar-refractivity contribution >= 4 is 11.9 Å². The summed E-state index contributed by atoms with van der Waals surface area (Å²) in [6, 6.07) is 0. The van der Waals surface area contributed by atoms with Crippen LogP contribution in [-0.2, 0) is 14.3 Å². The molecule has 1 heterocycles. The molecule has 0 saturated carbocycles. The summed E-state index contributed by atoms with van der Waals surface area (Å²) in [5.41, 5.74) is 5.70. The minimum atomic E-state index is -0.152. The van der Waals surface area contributed by atoms with Crippen LogP contribution in [0.15, 0.2) is 0 Å². The van der Waals surface area contributed by atoms with Gasteiger partial charge in [-0.05, 0) is 37.6 Å². The molecule has 5 nitrogen and oxygen atoms in total. The Morgan fingerprint density at radius 2 is 1.85 bits per heavy atom. The Hall–Kier alpha value is -1.10. The van der Waals surface area contributed by atoms with Crippen LogP contribution in [0.2, 0.25) is 0 Å². The molecule has 5 heteroatoms. The minimum Gasteiger partial charge on any atom is -0.469 e.